The molecule has 0 atom stereocenters. The highest BCUT2D eigenvalue weighted by Gasteiger charge is 2.47. The van der Waals surface area contributed by atoms with Crippen molar-refractivity contribution >= 4 is 17.2 Å². The van der Waals surface area contributed by atoms with Crippen molar-refractivity contribution < 1.29 is 9.53 Å². The standard InChI is InChI=1S/C23H30N2O2S/c1-27-20-8-6-19(7-9-20)18-25-16-12-23(22(25)26)10-14-24(15-11-23)13-2-4-21-5-3-17-28-21/h3,5-9,17H,2,4,10-16,18H2,1H3. The lowest BCUT2D eigenvalue weighted by Crippen LogP contribution is -2.44. The Labute approximate surface area is 172 Å². The van der Waals surface area contributed by atoms with Crippen LogP contribution in [0.1, 0.15) is 36.1 Å². The first-order valence-corrected chi connectivity index (χ1v) is 11.2. The zero-order chi connectivity index (χ0) is 19.4. The van der Waals surface area contributed by atoms with Crippen LogP contribution in [0.2, 0.25) is 0 Å². The highest BCUT2D eigenvalue weighted by atomic mass is 32.1. The number of hydrogen-bond donors (Lipinski definition) is 0. The highest BCUT2D eigenvalue weighted by Crippen LogP contribution is 2.42. The van der Waals surface area contributed by atoms with Crippen LogP contribution in [0.3, 0.4) is 0 Å². The number of aryl methyl sites for hydroxylation is 1. The molecule has 150 valence electrons. The van der Waals surface area contributed by atoms with Gasteiger partial charge in [-0.25, -0.2) is 0 Å². The second-order valence-electron chi connectivity index (χ2n) is 8.13. The van der Waals surface area contributed by atoms with Crippen molar-refractivity contribution in [3.8, 4) is 5.75 Å². The first kappa shape index (κ1) is 19.5. The minimum Gasteiger partial charge on any atom is -0.497 e. The smallest absolute Gasteiger partial charge is 0.229 e. The number of carbonyl (C=O) groups excluding carboxylic acids is 1. The van der Waals surface area contributed by atoms with Gasteiger partial charge in [-0.05, 0) is 80.9 Å². The van der Waals surface area contributed by atoms with Crippen molar-refractivity contribution in [2.24, 2.45) is 5.41 Å². The molecule has 28 heavy (non-hydrogen) atoms. The zero-order valence-corrected chi connectivity index (χ0v) is 17.5. The Balaban J connectivity index is 1.26. The lowest BCUT2D eigenvalue weighted by molar-refractivity contribution is -0.138. The second kappa shape index (κ2) is 8.66. The van der Waals surface area contributed by atoms with E-state index in [9.17, 15) is 4.79 Å². The average molecular weight is 399 g/mol. The van der Waals surface area contributed by atoms with Crippen molar-refractivity contribution in [2.75, 3.05) is 33.3 Å². The summed E-state index contributed by atoms with van der Waals surface area (Å²) in [5.74, 6) is 1.24. The maximum atomic E-state index is 13.2. The maximum absolute atomic E-state index is 13.2. The molecular weight excluding hydrogens is 368 g/mol. The van der Waals surface area contributed by atoms with Gasteiger partial charge in [0.1, 0.15) is 5.75 Å². The van der Waals surface area contributed by atoms with Crippen LogP contribution >= 0.6 is 11.3 Å². The SMILES string of the molecule is COc1ccc(CN2CCC3(CCN(CCCc4cccs4)CC3)C2=O)cc1. The van der Waals surface area contributed by atoms with Crippen LogP contribution in [0.25, 0.3) is 0 Å². The highest BCUT2D eigenvalue weighted by molar-refractivity contribution is 7.09. The first-order valence-electron chi connectivity index (χ1n) is 10.4. The van der Waals surface area contributed by atoms with Crippen molar-refractivity contribution in [3.63, 3.8) is 0 Å². The van der Waals surface area contributed by atoms with E-state index in [0.29, 0.717) is 5.91 Å². The molecule has 1 aromatic heterocycles. The molecule has 1 amide bonds. The summed E-state index contributed by atoms with van der Waals surface area (Å²) in [5, 5.41) is 2.16. The van der Waals surface area contributed by atoms with Crippen molar-refractivity contribution in [1.29, 1.82) is 0 Å². The molecule has 4 nitrogen and oxygen atoms in total. The van der Waals surface area contributed by atoms with Gasteiger partial charge in [0.25, 0.3) is 0 Å². The van der Waals surface area contributed by atoms with E-state index in [4.69, 9.17) is 4.74 Å². The number of carbonyl (C=O) groups is 1. The van der Waals surface area contributed by atoms with E-state index in [0.717, 1.165) is 57.7 Å². The van der Waals surface area contributed by atoms with Gasteiger partial charge < -0.3 is 14.5 Å². The quantitative estimate of drug-likeness (QED) is 0.701. The van der Waals surface area contributed by atoms with Crippen LogP contribution in [-0.4, -0.2) is 49.0 Å². The molecule has 0 radical (unpaired) electrons. The first-order chi connectivity index (χ1) is 13.7. The predicted molar refractivity (Wildman–Crippen MR) is 114 cm³/mol. The molecule has 0 unspecified atom stereocenters. The molecule has 0 bridgehead atoms. The zero-order valence-electron chi connectivity index (χ0n) is 16.7. The van der Waals surface area contributed by atoms with Gasteiger partial charge >= 0.3 is 0 Å². The maximum Gasteiger partial charge on any atom is 0.229 e. The van der Waals surface area contributed by atoms with Crippen LogP contribution in [0.5, 0.6) is 5.75 Å². The normalized spacial score (nSPS) is 19.5. The Bertz CT molecular complexity index is 764. The van der Waals surface area contributed by atoms with Crippen molar-refractivity contribution in [1.82, 2.24) is 9.80 Å². The molecule has 2 saturated heterocycles. The van der Waals surface area contributed by atoms with Gasteiger partial charge in [-0.3, -0.25) is 4.79 Å². The fourth-order valence-corrected chi connectivity index (χ4v) is 5.35. The number of methoxy groups -OCH3 is 1. The Morgan fingerprint density at radius 3 is 2.50 bits per heavy atom. The molecule has 0 aliphatic carbocycles. The second-order valence-corrected chi connectivity index (χ2v) is 9.16. The number of thiophene rings is 1. The molecule has 1 spiro atoms. The summed E-state index contributed by atoms with van der Waals surface area (Å²) in [6.45, 7) is 4.88. The van der Waals surface area contributed by atoms with E-state index < -0.39 is 0 Å². The van der Waals surface area contributed by atoms with Crippen LogP contribution in [0.15, 0.2) is 41.8 Å². The van der Waals surface area contributed by atoms with Crippen LogP contribution in [0.4, 0.5) is 0 Å². The van der Waals surface area contributed by atoms with E-state index >= 15 is 0 Å². The number of rotatable bonds is 7. The van der Waals surface area contributed by atoms with E-state index in [1.54, 1.807) is 7.11 Å². The summed E-state index contributed by atoms with van der Waals surface area (Å²) in [4.78, 5) is 19.3. The topological polar surface area (TPSA) is 32.8 Å². The molecular formula is C23H30N2O2S. The fraction of sp³-hybridized carbons (Fsp3) is 0.522. The van der Waals surface area contributed by atoms with Crippen molar-refractivity contribution in [3.05, 3.63) is 52.2 Å². The Kier molecular flexibility index (Phi) is 6.02. The number of hydrogen-bond acceptors (Lipinski definition) is 4. The average Bonchev–Trinajstić information content (AvgIpc) is 3.35. The molecule has 1 aromatic carbocycles. The molecule has 2 fully saturated rings. The van der Waals surface area contributed by atoms with Gasteiger partial charge in [0, 0.05) is 18.0 Å². The predicted octanol–water partition coefficient (Wildman–Crippen LogP) is 4.20. The number of benzene rings is 1. The molecule has 2 aromatic rings. The number of likely N-dealkylation sites (tertiary alicyclic amines) is 2. The van der Waals surface area contributed by atoms with E-state index in [1.807, 2.05) is 23.5 Å². The summed E-state index contributed by atoms with van der Waals surface area (Å²) < 4.78 is 5.22. The number of ether oxygens (including phenoxy) is 1. The van der Waals surface area contributed by atoms with E-state index in [2.05, 4.69) is 39.4 Å². The Morgan fingerprint density at radius 2 is 1.82 bits per heavy atom. The monoisotopic (exact) mass is 398 g/mol. The lowest BCUT2D eigenvalue weighted by Gasteiger charge is -2.38. The van der Waals surface area contributed by atoms with Crippen LogP contribution in [-0.2, 0) is 17.8 Å². The number of amides is 1. The molecule has 2 aliphatic rings. The minimum absolute atomic E-state index is 0.100. The molecule has 3 heterocycles. The van der Waals surface area contributed by atoms with Gasteiger partial charge in [-0.1, -0.05) is 18.2 Å². The summed E-state index contributed by atoms with van der Waals surface area (Å²) in [5.41, 5.74) is 1.08. The van der Waals surface area contributed by atoms with Crippen LogP contribution < -0.4 is 4.74 Å². The molecule has 5 heteroatoms. The molecule has 2 aliphatic heterocycles. The third kappa shape index (κ3) is 4.26. The third-order valence-corrected chi connectivity index (χ3v) is 7.36. The molecule has 0 saturated carbocycles. The van der Waals surface area contributed by atoms with Gasteiger partial charge in [0.15, 0.2) is 0 Å². The van der Waals surface area contributed by atoms with Crippen molar-refractivity contribution in [2.45, 2.75) is 38.6 Å². The summed E-state index contributed by atoms with van der Waals surface area (Å²) >= 11 is 1.85. The largest absolute Gasteiger partial charge is 0.497 e. The Morgan fingerprint density at radius 1 is 1.07 bits per heavy atom. The van der Waals surface area contributed by atoms with Gasteiger partial charge in [-0.15, -0.1) is 11.3 Å². The van der Waals surface area contributed by atoms with Gasteiger partial charge in [-0.2, -0.15) is 0 Å². The van der Waals surface area contributed by atoms with Gasteiger partial charge in [0.05, 0.1) is 12.5 Å². The number of piperidine rings is 1. The number of nitrogens with zero attached hydrogens (tertiary/aromatic N) is 2. The van der Waals surface area contributed by atoms with E-state index in [-0.39, 0.29) is 5.41 Å². The Hall–Kier alpha value is -1.85. The lowest BCUT2D eigenvalue weighted by atomic mass is 9.77. The molecule has 0 N–H and O–H groups in total. The van der Waals surface area contributed by atoms with Crippen LogP contribution in [0, 0.1) is 5.41 Å². The van der Waals surface area contributed by atoms with Gasteiger partial charge in [0.2, 0.25) is 5.91 Å². The minimum atomic E-state index is -0.100. The summed E-state index contributed by atoms with van der Waals surface area (Å²) in [6.07, 6.45) is 5.44. The third-order valence-electron chi connectivity index (χ3n) is 6.42. The summed E-state index contributed by atoms with van der Waals surface area (Å²) in [6, 6.07) is 12.4. The van der Waals surface area contributed by atoms with E-state index in [1.165, 1.54) is 23.3 Å². The summed E-state index contributed by atoms with van der Waals surface area (Å²) in [7, 11) is 1.68. The fourth-order valence-electron chi connectivity index (χ4n) is 4.60. The molecule has 4 rings (SSSR count).